The Kier molecular flexibility index (Phi) is 5.29. The Balaban J connectivity index is 2.80. The van der Waals surface area contributed by atoms with Crippen LogP contribution in [0.1, 0.15) is 37.8 Å². The monoisotopic (exact) mass is 223 g/mol. The number of rotatable bonds is 6. The van der Waals surface area contributed by atoms with Gasteiger partial charge in [-0.3, -0.25) is 0 Å². The predicted octanol–water partition coefficient (Wildman–Crippen LogP) is 2.64. The van der Waals surface area contributed by atoms with Crippen LogP contribution in [0.15, 0.2) is 18.2 Å². The van der Waals surface area contributed by atoms with Crippen molar-refractivity contribution in [1.29, 1.82) is 0 Å². The number of benzene rings is 1. The molecule has 1 aromatic rings. The largest absolute Gasteiger partial charge is 0.467 e. The van der Waals surface area contributed by atoms with Gasteiger partial charge in [-0.05, 0) is 24.5 Å². The van der Waals surface area contributed by atoms with Gasteiger partial charge in [0.05, 0.1) is 0 Å². The third kappa shape index (κ3) is 3.51. The number of ether oxygens (including phenoxy) is 2. The second-order valence-corrected chi connectivity index (χ2v) is 3.98. The topological polar surface area (TPSA) is 44.5 Å². The summed E-state index contributed by atoms with van der Waals surface area (Å²) in [7, 11) is 0. The minimum absolute atomic E-state index is 0.283. The van der Waals surface area contributed by atoms with E-state index in [0.29, 0.717) is 19.1 Å². The lowest BCUT2D eigenvalue weighted by Crippen LogP contribution is -2.07. The quantitative estimate of drug-likeness (QED) is 0.595. The molecule has 16 heavy (non-hydrogen) atoms. The Labute approximate surface area is 97.6 Å². The van der Waals surface area contributed by atoms with Crippen molar-refractivity contribution in [2.45, 2.75) is 33.2 Å². The van der Waals surface area contributed by atoms with Gasteiger partial charge in [-0.15, -0.1) is 0 Å². The van der Waals surface area contributed by atoms with E-state index in [1.165, 1.54) is 5.56 Å². The summed E-state index contributed by atoms with van der Waals surface area (Å²) in [6, 6.07) is 6.17. The Bertz CT molecular complexity index is 324. The summed E-state index contributed by atoms with van der Waals surface area (Å²) in [4.78, 5) is 0. The van der Waals surface area contributed by atoms with E-state index in [9.17, 15) is 0 Å². The summed E-state index contributed by atoms with van der Waals surface area (Å²) in [6.45, 7) is 7.68. The SMILES string of the molecule is CCOCOc1cc(C(C)C)ccc1CN. The van der Waals surface area contributed by atoms with Crippen LogP contribution in [-0.2, 0) is 11.3 Å². The van der Waals surface area contributed by atoms with Crippen LogP contribution < -0.4 is 10.5 Å². The van der Waals surface area contributed by atoms with Crippen molar-refractivity contribution >= 4 is 0 Å². The second-order valence-electron chi connectivity index (χ2n) is 3.98. The fraction of sp³-hybridized carbons (Fsp3) is 0.538. The van der Waals surface area contributed by atoms with Gasteiger partial charge in [0.2, 0.25) is 0 Å². The molecular weight excluding hydrogens is 202 g/mol. The molecule has 3 nitrogen and oxygen atoms in total. The van der Waals surface area contributed by atoms with E-state index < -0.39 is 0 Å². The molecule has 3 heteroatoms. The molecule has 0 amide bonds. The molecular formula is C13H21NO2. The van der Waals surface area contributed by atoms with Crippen LogP contribution in [-0.4, -0.2) is 13.4 Å². The average Bonchev–Trinajstić information content (AvgIpc) is 2.29. The fourth-order valence-corrected chi connectivity index (χ4v) is 1.42. The maximum atomic E-state index is 5.66. The van der Waals surface area contributed by atoms with Crippen LogP contribution in [0, 0.1) is 0 Å². The molecule has 0 saturated carbocycles. The normalized spacial score (nSPS) is 10.8. The van der Waals surface area contributed by atoms with Crippen molar-refractivity contribution in [2.75, 3.05) is 13.4 Å². The highest BCUT2D eigenvalue weighted by Crippen LogP contribution is 2.24. The van der Waals surface area contributed by atoms with Crippen molar-refractivity contribution in [3.63, 3.8) is 0 Å². The third-order valence-corrected chi connectivity index (χ3v) is 2.48. The van der Waals surface area contributed by atoms with Gasteiger partial charge >= 0.3 is 0 Å². The van der Waals surface area contributed by atoms with E-state index in [4.69, 9.17) is 15.2 Å². The van der Waals surface area contributed by atoms with Gasteiger partial charge in [0.25, 0.3) is 0 Å². The fourth-order valence-electron chi connectivity index (χ4n) is 1.42. The van der Waals surface area contributed by atoms with Crippen LogP contribution in [0.3, 0.4) is 0 Å². The average molecular weight is 223 g/mol. The highest BCUT2D eigenvalue weighted by atomic mass is 16.7. The summed E-state index contributed by atoms with van der Waals surface area (Å²) in [6.07, 6.45) is 0. The Hall–Kier alpha value is -1.06. The van der Waals surface area contributed by atoms with Crippen LogP contribution >= 0.6 is 0 Å². The van der Waals surface area contributed by atoms with Crippen molar-refractivity contribution in [1.82, 2.24) is 0 Å². The smallest absolute Gasteiger partial charge is 0.189 e. The minimum atomic E-state index is 0.283. The zero-order valence-corrected chi connectivity index (χ0v) is 10.3. The molecule has 90 valence electrons. The van der Waals surface area contributed by atoms with E-state index in [1.807, 2.05) is 19.1 Å². The van der Waals surface area contributed by atoms with Gasteiger partial charge in [0.15, 0.2) is 6.79 Å². The number of nitrogens with two attached hydrogens (primary N) is 1. The summed E-state index contributed by atoms with van der Waals surface area (Å²) < 4.78 is 10.7. The van der Waals surface area contributed by atoms with Crippen LogP contribution in [0.25, 0.3) is 0 Å². The van der Waals surface area contributed by atoms with Crippen molar-refractivity contribution < 1.29 is 9.47 Å². The highest BCUT2D eigenvalue weighted by Gasteiger charge is 2.06. The second kappa shape index (κ2) is 6.51. The molecule has 0 spiro atoms. The summed E-state index contributed by atoms with van der Waals surface area (Å²) in [5.41, 5.74) is 7.93. The minimum Gasteiger partial charge on any atom is -0.467 e. The summed E-state index contributed by atoms with van der Waals surface area (Å²) in [5.74, 6) is 1.32. The molecule has 0 fully saturated rings. The number of hydrogen-bond acceptors (Lipinski definition) is 3. The maximum absolute atomic E-state index is 5.66. The first-order valence-corrected chi connectivity index (χ1v) is 5.72. The molecule has 0 unspecified atom stereocenters. The molecule has 2 N–H and O–H groups in total. The summed E-state index contributed by atoms with van der Waals surface area (Å²) in [5, 5.41) is 0. The molecule has 1 rings (SSSR count). The van der Waals surface area contributed by atoms with E-state index >= 15 is 0 Å². The first-order chi connectivity index (χ1) is 7.69. The maximum Gasteiger partial charge on any atom is 0.189 e. The lowest BCUT2D eigenvalue weighted by Gasteiger charge is -2.13. The third-order valence-electron chi connectivity index (χ3n) is 2.48. The molecule has 0 aromatic heterocycles. The first kappa shape index (κ1) is 13.0. The van der Waals surface area contributed by atoms with Gasteiger partial charge in [0, 0.05) is 18.7 Å². The Morgan fingerprint density at radius 1 is 1.31 bits per heavy atom. The highest BCUT2D eigenvalue weighted by molar-refractivity contribution is 5.38. The van der Waals surface area contributed by atoms with Crippen molar-refractivity contribution in [3.8, 4) is 5.75 Å². The van der Waals surface area contributed by atoms with Crippen molar-refractivity contribution in [2.24, 2.45) is 5.73 Å². The molecule has 0 radical (unpaired) electrons. The molecule has 0 aliphatic heterocycles. The van der Waals surface area contributed by atoms with Gasteiger partial charge in [0.1, 0.15) is 5.75 Å². The molecule has 0 aliphatic rings. The lowest BCUT2D eigenvalue weighted by atomic mass is 10.0. The van der Waals surface area contributed by atoms with Gasteiger partial charge in [-0.2, -0.15) is 0 Å². The van der Waals surface area contributed by atoms with Crippen LogP contribution in [0.4, 0.5) is 0 Å². The molecule has 0 bridgehead atoms. The van der Waals surface area contributed by atoms with Gasteiger partial charge in [-0.25, -0.2) is 0 Å². The first-order valence-electron chi connectivity index (χ1n) is 5.72. The molecule has 0 atom stereocenters. The molecule has 0 saturated heterocycles. The van der Waals surface area contributed by atoms with E-state index in [1.54, 1.807) is 0 Å². The van der Waals surface area contributed by atoms with Gasteiger partial charge in [-0.1, -0.05) is 26.0 Å². The molecule has 0 aliphatic carbocycles. The molecule has 0 heterocycles. The van der Waals surface area contributed by atoms with Crippen LogP contribution in [0.2, 0.25) is 0 Å². The van der Waals surface area contributed by atoms with E-state index in [0.717, 1.165) is 11.3 Å². The summed E-state index contributed by atoms with van der Waals surface area (Å²) >= 11 is 0. The standard InChI is InChI=1S/C13H21NO2/c1-4-15-9-16-13-7-11(10(2)3)5-6-12(13)8-14/h5-7,10H,4,8-9,14H2,1-3H3. The van der Waals surface area contributed by atoms with Crippen LogP contribution in [0.5, 0.6) is 5.75 Å². The van der Waals surface area contributed by atoms with E-state index in [-0.39, 0.29) is 6.79 Å². The lowest BCUT2D eigenvalue weighted by molar-refractivity contribution is 0.0218. The van der Waals surface area contributed by atoms with E-state index in [2.05, 4.69) is 19.9 Å². The molecule has 1 aromatic carbocycles. The number of hydrogen-bond donors (Lipinski definition) is 1. The predicted molar refractivity (Wildman–Crippen MR) is 65.5 cm³/mol. The van der Waals surface area contributed by atoms with Crippen molar-refractivity contribution in [3.05, 3.63) is 29.3 Å². The van der Waals surface area contributed by atoms with Gasteiger partial charge < -0.3 is 15.2 Å². The zero-order chi connectivity index (χ0) is 12.0. The Morgan fingerprint density at radius 2 is 2.06 bits per heavy atom. The zero-order valence-electron chi connectivity index (χ0n) is 10.3. The Morgan fingerprint density at radius 3 is 2.62 bits per heavy atom.